The number of hydrogen-bond acceptors (Lipinski definition) is 2. The first-order valence-corrected chi connectivity index (χ1v) is 6.93. The van der Waals surface area contributed by atoms with E-state index in [9.17, 15) is 4.79 Å². The molecular formula is C16H25NO2. The fourth-order valence-corrected chi connectivity index (χ4v) is 2.38. The van der Waals surface area contributed by atoms with Crippen molar-refractivity contribution < 1.29 is 9.90 Å². The van der Waals surface area contributed by atoms with E-state index in [1.807, 2.05) is 0 Å². The highest BCUT2D eigenvalue weighted by atomic mass is 16.4. The molecular weight excluding hydrogens is 238 g/mol. The van der Waals surface area contributed by atoms with E-state index in [-0.39, 0.29) is 0 Å². The minimum absolute atomic E-state index is 0.353. The van der Waals surface area contributed by atoms with Crippen LogP contribution in [-0.2, 0) is 11.2 Å². The molecule has 3 nitrogen and oxygen atoms in total. The lowest BCUT2D eigenvalue weighted by Gasteiger charge is -2.25. The summed E-state index contributed by atoms with van der Waals surface area (Å²) in [7, 11) is 0. The fraction of sp³-hybridized carbons (Fsp3) is 0.562. The van der Waals surface area contributed by atoms with Gasteiger partial charge in [0.15, 0.2) is 0 Å². The lowest BCUT2D eigenvalue weighted by Crippen LogP contribution is -2.46. The summed E-state index contributed by atoms with van der Waals surface area (Å²) >= 11 is 0. The van der Waals surface area contributed by atoms with Gasteiger partial charge in [0.1, 0.15) is 5.54 Å². The highest BCUT2D eigenvalue weighted by Gasteiger charge is 2.30. The third kappa shape index (κ3) is 5.03. The third-order valence-electron chi connectivity index (χ3n) is 3.70. The first kappa shape index (κ1) is 15.7. The molecule has 2 unspecified atom stereocenters. The van der Waals surface area contributed by atoms with Crippen LogP contribution in [0.25, 0.3) is 0 Å². The predicted octanol–water partition coefficient (Wildman–Crippen LogP) is 3.15. The van der Waals surface area contributed by atoms with E-state index in [2.05, 4.69) is 38.1 Å². The molecule has 0 fully saturated rings. The van der Waals surface area contributed by atoms with Crippen LogP contribution in [0.2, 0.25) is 0 Å². The fourth-order valence-electron chi connectivity index (χ4n) is 2.38. The summed E-state index contributed by atoms with van der Waals surface area (Å²) in [5, 5.41) is 9.08. The molecule has 0 saturated heterocycles. The zero-order valence-electron chi connectivity index (χ0n) is 12.1. The van der Waals surface area contributed by atoms with E-state index in [0.29, 0.717) is 12.3 Å². The second-order valence-corrected chi connectivity index (χ2v) is 5.73. The molecule has 0 saturated carbocycles. The Kier molecular flexibility index (Phi) is 5.55. The van der Waals surface area contributed by atoms with Crippen LogP contribution in [0.4, 0.5) is 0 Å². The van der Waals surface area contributed by atoms with Crippen molar-refractivity contribution in [2.24, 2.45) is 11.7 Å². The number of aryl methyl sites for hydroxylation is 2. The number of carboxylic acids is 1. The van der Waals surface area contributed by atoms with Crippen LogP contribution < -0.4 is 5.73 Å². The largest absolute Gasteiger partial charge is 0.480 e. The van der Waals surface area contributed by atoms with E-state index in [4.69, 9.17) is 10.8 Å². The molecule has 19 heavy (non-hydrogen) atoms. The van der Waals surface area contributed by atoms with Crippen molar-refractivity contribution in [1.82, 2.24) is 0 Å². The summed E-state index contributed by atoms with van der Waals surface area (Å²) in [4.78, 5) is 11.1. The molecule has 3 N–H and O–H groups in total. The Morgan fingerprint density at radius 1 is 1.47 bits per heavy atom. The molecule has 1 rings (SSSR count). The number of nitrogens with two attached hydrogens (primary N) is 1. The standard InChI is InChI=1S/C16H25NO2/c1-4-13(11-16(3,17)15(18)19)8-9-14-7-5-6-12(2)10-14/h5-7,10,13H,4,8-9,11,17H2,1-3H3,(H,18,19). The first-order valence-electron chi connectivity index (χ1n) is 6.93. The topological polar surface area (TPSA) is 63.3 Å². The monoisotopic (exact) mass is 263 g/mol. The number of carbonyl (C=O) groups is 1. The Bertz CT molecular complexity index is 427. The van der Waals surface area contributed by atoms with Gasteiger partial charge in [0.05, 0.1) is 0 Å². The maximum Gasteiger partial charge on any atom is 0.323 e. The summed E-state index contributed by atoms with van der Waals surface area (Å²) in [6.45, 7) is 5.78. The van der Waals surface area contributed by atoms with Crippen molar-refractivity contribution in [2.75, 3.05) is 0 Å². The molecule has 0 aliphatic carbocycles. The summed E-state index contributed by atoms with van der Waals surface area (Å²) < 4.78 is 0. The van der Waals surface area contributed by atoms with Crippen LogP contribution in [0.15, 0.2) is 24.3 Å². The number of rotatable bonds is 7. The Balaban J connectivity index is 2.56. The third-order valence-corrected chi connectivity index (χ3v) is 3.70. The van der Waals surface area contributed by atoms with Crippen LogP contribution in [0, 0.1) is 12.8 Å². The lowest BCUT2D eigenvalue weighted by atomic mass is 9.84. The molecule has 0 aromatic heterocycles. The molecule has 0 radical (unpaired) electrons. The molecule has 0 aliphatic heterocycles. The molecule has 2 atom stereocenters. The van der Waals surface area contributed by atoms with Gasteiger partial charge in [0.25, 0.3) is 0 Å². The molecule has 0 spiro atoms. The molecule has 0 bridgehead atoms. The van der Waals surface area contributed by atoms with Gasteiger partial charge in [-0.3, -0.25) is 4.79 Å². The van der Waals surface area contributed by atoms with E-state index >= 15 is 0 Å². The van der Waals surface area contributed by atoms with Gasteiger partial charge in [0, 0.05) is 0 Å². The van der Waals surface area contributed by atoms with Gasteiger partial charge in [-0.15, -0.1) is 0 Å². The van der Waals surface area contributed by atoms with Crippen LogP contribution >= 0.6 is 0 Å². The van der Waals surface area contributed by atoms with E-state index in [1.165, 1.54) is 11.1 Å². The van der Waals surface area contributed by atoms with E-state index in [1.54, 1.807) is 6.92 Å². The zero-order chi connectivity index (χ0) is 14.5. The van der Waals surface area contributed by atoms with Crippen molar-refractivity contribution in [3.63, 3.8) is 0 Å². The molecule has 1 aromatic rings. The number of aliphatic carboxylic acids is 1. The maximum absolute atomic E-state index is 11.1. The van der Waals surface area contributed by atoms with Gasteiger partial charge < -0.3 is 10.8 Å². The molecule has 0 aliphatic rings. The highest BCUT2D eigenvalue weighted by Crippen LogP contribution is 2.23. The van der Waals surface area contributed by atoms with Crippen molar-refractivity contribution in [1.29, 1.82) is 0 Å². The van der Waals surface area contributed by atoms with E-state index < -0.39 is 11.5 Å². The second-order valence-electron chi connectivity index (χ2n) is 5.73. The average molecular weight is 263 g/mol. The summed E-state index contributed by atoms with van der Waals surface area (Å²) in [6, 6.07) is 8.46. The van der Waals surface area contributed by atoms with Crippen LogP contribution in [0.3, 0.4) is 0 Å². The molecule has 106 valence electrons. The number of hydrogen-bond donors (Lipinski definition) is 2. The normalized spacial score (nSPS) is 15.8. The smallest absolute Gasteiger partial charge is 0.323 e. The highest BCUT2D eigenvalue weighted by molar-refractivity contribution is 5.77. The summed E-state index contributed by atoms with van der Waals surface area (Å²) in [5.74, 6) is -0.562. The SMILES string of the molecule is CCC(CCc1cccc(C)c1)CC(C)(N)C(=O)O. The quantitative estimate of drug-likeness (QED) is 0.794. The summed E-state index contributed by atoms with van der Waals surface area (Å²) in [6.07, 6.45) is 3.46. The second kappa shape index (κ2) is 6.71. The van der Waals surface area contributed by atoms with Crippen LogP contribution in [0.1, 0.15) is 44.2 Å². The van der Waals surface area contributed by atoms with Crippen molar-refractivity contribution in [3.8, 4) is 0 Å². The Morgan fingerprint density at radius 2 is 2.16 bits per heavy atom. The molecule has 0 amide bonds. The van der Waals surface area contributed by atoms with Gasteiger partial charge >= 0.3 is 5.97 Å². The number of carboxylic acid groups (broad SMARTS) is 1. The Morgan fingerprint density at radius 3 is 2.68 bits per heavy atom. The average Bonchev–Trinajstić information content (AvgIpc) is 2.34. The van der Waals surface area contributed by atoms with Gasteiger partial charge in [-0.2, -0.15) is 0 Å². The van der Waals surface area contributed by atoms with Crippen LogP contribution in [-0.4, -0.2) is 16.6 Å². The van der Waals surface area contributed by atoms with Crippen molar-refractivity contribution in [2.45, 2.75) is 52.0 Å². The zero-order valence-corrected chi connectivity index (χ0v) is 12.1. The van der Waals surface area contributed by atoms with Crippen molar-refractivity contribution >= 4 is 5.97 Å². The lowest BCUT2D eigenvalue weighted by molar-refractivity contribution is -0.143. The Hall–Kier alpha value is -1.35. The van der Waals surface area contributed by atoms with Crippen molar-refractivity contribution in [3.05, 3.63) is 35.4 Å². The molecule has 0 heterocycles. The molecule has 1 aromatic carbocycles. The molecule has 3 heteroatoms. The Labute approximate surface area is 115 Å². The van der Waals surface area contributed by atoms with Gasteiger partial charge in [-0.05, 0) is 44.6 Å². The minimum Gasteiger partial charge on any atom is -0.480 e. The number of benzene rings is 1. The maximum atomic E-state index is 11.1. The van der Waals surface area contributed by atoms with Gasteiger partial charge in [0.2, 0.25) is 0 Å². The van der Waals surface area contributed by atoms with Gasteiger partial charge in [-0.1, -0.05) is 43.2 Å². The van der Waals surface area contributed by atoms with E-state index in [0.717, 1.165) is 19.3 Å². The van der Waals surface area contributed by atoms with Gasteiger partial charge in [-0.25, -0.2) is 0 Å². The minimum atomic E-state index is -1.12. The first-order chi connectivity index (χ1) is 8.85. The summed E-state index contributed by atoms with van der Waals surface area (Å²) in [5.41, 5.74) is 7.29. The van der Waals surface area contributed by atoms with Crippen LogP contribution in [0.5, 0.6) is 0 Å². The predicted molar refractivity (Wildman–Crippen MR) is 78.1 cm³/mol.